The van der Waals surface area contributed by atoms with Crippen molar-refractivity contribution in [3.8, 4) is 0 Å². The van der Waals surface area contributed by atoms with Crippen LogP contribution in [-0.4, -0.2) is 23.0 Å². The van der Waals surface area contributed by atoms with Gasteiger partial charge in [0.2, 0.25) is 0 Å². The Morgan fingerprint density at radius 1 is 1.22 bits per heavy atom. The van der Waals surface area contributed by atoms with E-state index in [9.17, 15) is 0 Å². The van der Waals surface area contributed by atoms with Crippen LogP contribution < -0.4 is 5.32 Å². The van der Waals surface area contributed by atoms with Crippen molar-refractivity contribution in [1.82, 2.24) is 5.32 Å². The molecule has 0 bridgehead atoms. The molecular formula is C15H26N2S. The van der Waals surface area contributed by atoms with Crippen molar-refractivity contribution < 1.29 is 0 Å². The molecule has 0 unspecified atom stereocenters. The Kier molecular flexibility index (Phi) is 3.88. The maximum Gasteiger partial charge on any atom is 0.157 e. The summed E-state index contributed by atoms with van der Waals surface area (Å²) in [5.74, 6) is 3.07. The number of nitrogens with one attached hydrogen (secondary N) is 1. The fourth-order valence-corrected chi connectivity index (χ4v) is 4.86. The van der Waals surface area contributed by atoms with Gasteiger partial charge in [-0.15, -0.1) is 0 Å². The smallest absolute Gasteiger partial charge is 0.157 e. The van der Waals surface area contributed by atoms with Gasteiger partial charge < -0.3 is 5.32 Å². The fraction of sp³-hybridized carbons (Fsp3) is 0.933. The van der Waals surface area contributed by atoms with Gasteiger partial charge in [0.15, 0.2) is 5.17 Å². The number of aliphatic imine (C=N–C) groups is 1. The first kappa shape index (κ1) is 12.8. The first-order chi connectivity index (χ1) is 8.76. The molecule has 1 aliphatic heterocycles. The van der Waals surface area contributed by atoms with E-state index in [0.29, 0.717) is 5.54 Å². The maximum atomic E-state index is 4.86. The highest BCUT2D eigenvalue weighted by Crippen LogP contribution is 2.37. The Morgan fingerprint density at radius 2 is 1.94 bits per heavy atom. The van der Waals surface area contributed by atoms with Crippen LogP contribution in [0.2, 0.25) is 0 Å². The van der Waals surface area contributed by atoms with E-state index >= 15 is 0 Å². The lowest BCUT2D eigenvalue weighted by molar-refractivity contribution is 0.296. The van der Waals surface area contributed by atoms with Crippen LogP contribution in [0.4, 0.5) is 0 Å². The molecule has 3 rings (SSSR count). The van der Waals surface area contributed by atoms with Crippen molar-refractivity contribution in [2.24, 2.45) is 16.8 Å². The predicted octanol–water partition coefficient (Wildman–Crippen LogP) is 3.82. The van der Waals surface area contributed by atoms with Gasteiger partial charge in [-0.05, 0) is 37.5 Å². The van der Waals surface area contributed by atoms with Gasteiger partial charge in [0.25, 0.3) is 0 Å². The lowest BCUT2D eigenvalue weighted by atomic mass is 9.83. The summed E-state index contributed by atoms with van der Waals surface area (Å²) in [6, 6.07) is 0. The van der Waals surface area contributed by atoms with E-state index in [2.05, 4.69) is 12.2 Å². The quantitative estimate of drug-likeness (QED) is 0.821. The van der Waals surface area contributed by atoms with E-state index in [-0.39, 0.29) is 0 Å². The topological polar surface area (TPSA) is 24.4 Å². The van der Waals surface area contributed by atoms with Gasteiger partial charge in [0.1, 0.15) is 0 Å². The first-order valence-corrected chi connectivity index (χ1v) is 8.70. The summed E-state index contributed by atoms with van der Waals surface area (Å²) in [4.78, 5) is 4.86. The Hall–Kier alpha value is -0.180. The number of hydrogen-bond donors (Lipinski definition) is 1. The molecule has 1 spiro atoms. The molecule has 0 aromatic rings. The van der Waals surface area contributed by atoms with E-state index in [0.717, 1.165) is 18.4 Å². The van der Waals surface area contributed by atoms with Gasteiger partial charge in [-0.3, -0.25) is 4.99 Å². The SMILES string of the molecule is CC1CCC(CN=C2NC3(CCCC3)CS2)CC1. The highest BCUT2D eigenvalue weighted by atomic mass is 32.2. The van der Waals surface area contributed by atoms with Gasteiger partial charge in [0, 0.05) is 17.8 Å². The van der Waals surface area contributed by atoms with Crippen LogP contribution in [0.3, 0.4) is 0 Å². The van der Waals surface area contributed by atoms with Crippen molar-refractivity contribution in [3.05, 3.63) is 0 Å². The monoisotopic (exact) mass is 266 g/mol. The highest BCUT2D eigenvalue weighted by Gasteiger charge is 2.39. The van der Waals surface area contributed by atoms with Gasteiger partial charge in [-0.2, -0.15) is 0 Å². The minimum absolute atomic E-state index is 0.435. The minimum Gasteiger partial charge on any atom is -0.359 e. The summed E-state index contributed by atoms with van der Waals surface area (Å²) in [6.45, 7) is 3.46. The average molecular weight is 266 g/mol. The summed E-state index contributed by atoms with van der Waals surface area (Å²) in [5, 5.41) is 4.97. The van der Waals surface area contributed by atoms with E-state index < -0.39 is 0 Å². The molecule has 0 aromatic heterocycles. The molecule has 0 aromatic carbocycles. The van der Waals surface area contributed by atoms with Crippen molar-refractivity contribution in [2.75, 3.05) is 12.3 Å². The van der Waals surface area contributed by atoms with Crippen molar-refractivity contribution in [2.45, 2.75) is 63.8 Å². The zero-order valence-electron chi connectivity index (χ0n) is 11.6. The third kappa shape index (κ3) is 2.87. The van der Waals surface area contributed by atoms with Crippen LogP contribution in [0.25, 0.3) is 0 Å². The zero-order chi connectivity index (χ0) is 12.4. The lowest BCUT2D eigenvalue weighted by Crippen LogP contribution is -2.40. The number of nitrogens with zero attached hydrogens (tertiary/aromatic N) is 1. The molecule has 0 amide bonds. The molecule has 2 nitrogen and oxygen atoms in total. The van der Waals surface area contributed by atoms with E-state index in [1.807, 2.05) is 11.8 Å². The number of hydrogen-bond acceptors (Lipinski definition) is 2. The van der Waals surface area contributed by atoms with E-state index in [4.69, 9.17) is 4.99 Å². The Labute approximate surface area is 115 Å². The molecule has 3 aliphatic rings. The summed E-state index contributed by atoms with van der Waals surface area (Å²) in [6.07, 6.45) is 11.2. The maximum absolute atomic E-state index is 4.86. The first-order valence-electron chi connectivity index (χ1n) is 7.71. The highest BCUT2D eigenvalue weighted by molar-refractivity contribution is 8.14. The minimum atomic E-state index is 0.435. The molecule has 2 saturated carbocycles. The zero-order valence-corrected chi connectivity index (χ0v) is 12.4. The molecule has 0 radical (unpaired) electrons. The van der Waals surface area contributed by atoms with Gasteiger partial charge >= 0.3 is 0 Å². The molecule has 2 aliphatic carbocycles. The van der Waals surface area contributed by atoms with E-state index in [1.165, 1.54) is 62.3 Å². The van der Waals surface area contributed by atoms with Gasteiger partial charge in [-0.25, -0.2) is 0 Å². The molecule has 1 saturated heterocycles. The molecule has 18 heavy (non-hydrogen) atoms. The third-order valence-corrected chi connectivity index (χ3v) is 6.25. The van der Waals surface area contributed by atoms with Gasteiger partial charge in [0.05, 0.1) is 0 Å². The van der Waals surface area contributed by atoms with Crippen molar-refractivity contribution in [1.29, 1.82) is 0 Å². The normalized spacial score (nSPS) is 37.3. The number of amidine groups is 1. The largest absolute Gasteiger partial charge is 0.359 e. The second-order valence-electron chi connectivity index (χ2n) is 6.67. The molecule has 1 N–H and O–H groups in total. The molecule has 0 atom stereocenters. The number of thioether (sulfide) groups is 1. The predicted molar refractivity (Wildman–Crippen MR) is 80.2 cm³/mol. The summed E-state index contributed by atoms with van der Waals surface area (Å²) in [7, 11) is 0. The summed E-state index contributed by atoms with van der Waals surface area (Å²) < 4.78 is 0. The second kappa shape index (κ2) is 5.44. The Morgan fingerprint density at radius 3 is 2.67 bits per heavy atom. The van der Waals surface area contributed by atoms with Crippen LogP contribution in [0.5, 0.6) is 0 Å². The average Bonchev–Trinajstić information content (AvgIpc) is 3.00. The molecule has 1 heterocycles. The Bertz CT molecular complexity index is 312. The standard InChI is InChI=1S/C15H26N2S/c1-12-4-6-13(7-5-12)10-16-14-17-15(11-18-14)8-2-3-9-15/h12-13H,2-11H2,1H3,(H,16,17). The third-order valence-electron chi connectivity index (χ3n) is 5.05. The van der Waals surface area contributed by atoms with Crippen LogP contribution in [0.1, 0.15) is 58.3 Å². The Balaban J connectivity index is 1.49. The van der Waals surface area contributed by atoms with Crippen LogP contribution in [-0.2, 0) is 0 Å². The van der Waals surface area contributed by atoms with Crippen molar-refractivity contribution >= 4 is 16.9 Å². The summed E-state index contributed by atoms with van der Waals surface area (Å²) >= 11 is 1.97. The molecular weight excluding hydrogens is 240 g/mol. The fourth-order valence-electron chi connectivity index (χ4n) is 3.64. The van der Waals surface area contributed by atoms with Crippen LogP contribution in [0, 0.1) is 11.8 Å². The number of rotatable bonds is 2. The summed E-state index contributed by atoms with van der Waals surface area (Å²) in [5.41, 5.74) is 0.435. The molecule has 3 fully saturated rings. The lowest BCUT2D eigenvalue weighted by Gasteiger charge is -2.25. The van der Waals surface area contributed by atoms with E-state index in [1.54, 1.807) is 0 Å². The van der Waals surface area contributed by atoms with Crippen molar-refractivity contribution in [3.63, 3.8) is 0 Å². The molecule has 3 heteroatoms. The molecule has 102 valence electrons. The van der Waals surface area contributed by atoms with Crippen LogP contribution in [0.15, 0.2) is 4.99 Å². The second-order valence-corrected chi connectivity index (χ2v) is 7.64. The van der Waals surface area contributed by atoms with Gasteiger partial charge in [-0.1, -0.05) is 44.4 Å². The van der Waals surface area contributed by atoms with Crippen LogP contribution >= 0.6 is 11.8 Å².